The lowest BCUT2D eigenvalue weighted by atomic mass is 9.87. The molecular weight excluding hydrogens is 338 g/mol. The minimum atomic E-state index is -3.42. The highest BCUT2D eigenvalue weighted by atomic mass is 32.2. The molecule has 2 rings (SSSR count). The number of rotatable bonds is 4. The van der Waals surface area contributed by atoms with Crippen LogP contribution in [0.1, 0.15) is 43.6 Å². The van der Waals surface area contributed by atoms with Gasteiger partial charge in [-0.1, -0.05) is 39.8 Å². The Labute approximate surface area is 148 Å². The van der Waals surface area contributed by atoms with Crippen molar-refractivity contribution in [1.82, 2.24) is 0 Å². The summed E-state index contributed by atoms with van der Waals surface area (Å²) in [5.74, 6) is -0.657. The SMILES string of the molecule is CCS(=O)(=O)c1ccc(O)c(NC(=O)c2ccc(C(C)(C)C)cc2)c1. The summed E-state index contributed by atoms with van der Waals surface area (Å²) in [5.41, 5.74) is 1.58. The van der Waals surface area contributed by atoms with Crippen molar-refractivity contribution in [2.24, 2.45) is 0 Å². The van der Waals surface area contributed by atoms with Gasteiger partial charge in [0.25, 0.3) is 5.91 Å². The van der Waals surface area contributed by atoms with Gasteiger partial charge in [-0.05, 0) is 41.3 Å². The molecule has 5 nitrogen and oxygen atoms in total. The summed E-state index contributed by atoms with van der Waals surface area (Å²) in [4.78, 5) is 12.4. The molecule has 2 N–H and O–H groups in total. The van der Waals surface area contributed by atoms with Crippen LogP contribution in [0.2, 0.25) is 0 Å². The third kappa shape index (κ3) is 4.39. The van der Waals surface area contributed by atoms with Crippen molar-refractivity contribution in [1.29, 1.82) is 0 Å². The van der Waals surface area contributed by atoms with E-state index < -0.39 is 15.7 Å². The third-order valence-corrected chi connectivity index (χ3v) is 5.70. The molecule has 0 spiro atoms. The van der Waals surface area contributed by atoms with Crippen LogP contribution in [0.15, 0.2) is 47.4 Å². The Hall–Kier alpha value is -2.34. The summed E-state index contributed by atoms with van der Waals surface area (Å²) < 4.78 is 23.9. The number of phenols is 1. The molecule has 0 radical (unpaired) electrons. The van der Waals surface area contributed by atoms with E-state index in [0.29, 0.717) is 5.56 Å². The van der Waals surface area contributed by atoms with E-state index in [4.69, 9.17) is 0 Å². The van der Waals surface area contributed by atoms with E-state index in [1.165, 1.54) is 25.1 Å². The second kappa shape index (κ2) is 6.88. The van der Waals surface area contributed by atoms with Crippen LogP contribution < -0.4 is 5.32 Å². The highest BCUT2D eigenvalue weighted by Crippen LogP contribution is 2.28. The zero-order valence-electron chi connectivity index (χ0n) is 14.8. The quantitative estimate of drug-likeness (QED) is 0.813. The maximum atomic E-state index is 12.4. The Balaban J connectivity index is 2.27. The number of carbonyl (C=O) groups is 1. The largest absolute Gasteiger partial charge is 0.506 e. The van der Waals surface area contributed by atoms with Gasteiger partial charge in [-0.2, -0.15) is 0 Å². The van der Waals surface area contributed by atoms with E-state index in [1.807, 2.05) is 12.1 Å². The second-order valence-electron chi connectivity index (χ2n) is 6.86. The zero-order chi connectivity index (χ0) is 18.8. The molecule has 0 atom stereocenters. The first kappa shape index (κ1) is 19.0. The molecule has 0 aliphatic carbocycles. The molecule has 25 heavy (non-hydrogen) atoms. The lowest BCUT2D eigenvalue weighted by Crippen LogP contribution is -2.15. The number of phenolic OH excluding ortho intramolecular Hbond substituents is 1. The number of sulfone groups is 1. The number of hydrogen-bond acceptors (Lipinski definition) is 4. The molecule has 0 fully saturated rings. The summed E-state index contributed by atoms with van der Waals surface area (Å²) in [5, 5.41) is 12.5. The fourth-order valence-corrected chi connectivity index (χ4v) is 3.20. The van der Waals surface area contributed by atoms with E-state index in [1.54, 1.807) is 12.1 Å². The van der Waals surface area contributed by atoms with Crippen molar-refractivity contribution in [3.05, 3.63) is 53.6 Å². The number of carbonyl (C=O) groups excluding carboxylic acids is 1. The Morgan fingerprint density at radius 3 is 2.20 bits per heavy atom. The summed E-state index contributed by atoms with van der Waals surface area (Å²) in [6.07, 6.45) is 0. The second-order valence-corrected chi connectivity index (χ2v) is 9.14. The monoisotopic (exact) mass is 361 g/mol. The van der Waals surface area contributed by atoms with Gasteiger partial charge in [-0.15, -0.1) is 0 Å². The minimum absolute atomic E-state index is 0.0177. The van der Waals surface area contributed by atoms with Gasteiger partial charge in [-0.3, -0.25) is 4.79 Å². The van der Waals surface area contributed by atoms with Gasteiger partial charge in [-0.25, -0.2) is 8.42 Å². The van der Waals surface area contributed by atoms with Crippen molar-refractivity contribution in [2.75, 3.05) is 11.1 Å². The summed E-state index contributed by atoms with van der Waals surface area (Å²) in [6, 6.07) is 11.0. The molecule has 0 saturated heterocycles. The predicted octanol–water partition coefficient (Wildman–Crippen LogP) is 3.74. The molecule has 2 aromatic rings. The van der Waals surface area contributed by atoms with E-state index in [2.05, 4.69) is 26.1 Å². The third-order valence-electron chi connectivity index (χ3n) is 3.97. The van der Waals surface area contributed by atoms with Crippen LogP contribution in [-0.4, -0.2) is 25.2 Å². The van der Waals surface area contributed by atoms with Gasteiger partial charge in [0.15, 0.2) is 9.84 Å². The predicted molar refractivity (Wildman–Crippen MR) is 98.9 cm³/mol. The van der Waals surface area contributed by atoms with Crippen LogP contribution in [0.3, 0.4) is 0 Å². The van der Waals surface area contributed by atoms with Gasteiger partial charge >= 0.3 is 0 Å². The number of aromatic hydroxyl groups is 1. The smallest absolute Gasteiger partial charge is 0.255 e. The standard InChI is InChI=1S/C19H23NO4S/c1-5-25(23,24)15-10-11-17(21)16(12-15)20-18(22)13-6-8-14(9-7-13)19(2,3)4/h6-12,21H,5H2,1-4H3,(H,20,22). The average Bonchev–Trinajstić information content (AvgIpc) is 2.56. The molecule has 6 heteroatoms. The molecule has 0 heterocycles. The summed E-state index contributed by atoms with van der Waals surface area (Å²) in [6.45, 7) is 7.79. The molecule has 2 aromatic carbocycles. The molecule has 1 amide bonds. The van der Waals surface area contributed by atoms with Crippen LogP contribution >= 0.6 is 0 Å². The van der Waals surface area contributed by atoms with Gasteiger partial charge in [0, 0.05) is 5.56 Å². The molecular formula is C19H23NO4S. The topological polar surface area (TPSA) is 83.5 Å². The summed E-state index contributed by atoms with van der Waals surface area (Å²) in [7, 11) is -3.42. The lowest BCUT2D eigenvalue weighted by molar-refractivity contribution is 0.102. The van der Waals surface area contributed by atoms with E-state index in [-0.39, 0.29) is 27.5 Å². The Kier molecular flexibility index (Phi) is 5.23. The Bertz CT molecular complexity index is 879. The highest BCUT2D eigenvalue weighted by Gasteiger charge is 2.17. The van der Waals surface area contributed by atoms with Crippen LogP contribution in [0, 0.1) is 0 Å². The number of hydrogen-bond donors (Lipinski definition) is 2. The molecule has 0 unspecified atom stereocenters. The van der Waals surface area contributed by atoms with Crippen LogP contribution in [0.25, 0.3) is 0 Å². The zero-order valence-corrected chi connectivity index (χ0v) is 15.6. The average molecular weight is 361 g/mol. The van der Waals surface area contributed by atoms with Crippen LogP contribution in [0.5, 0.6) is 5.75 Å². The van der Waals surface area contributed by atoms with Crippen molar-refractivity contribution >= 4 is 21.4 Å². The highest BCUT2D eigenvalue weighted by molar-refractivity contribution is 7.91. The normalized spacial score (nSPS) is 12.0. The molecule has 0 bridgehead atoms. The van der Waals surface area contributed by atoms with Gasteiger partial charge in [0.1, 0.15) is 5.75 Å². The molecule has 0 aliphatic rings. The van der Waals surface area contributed by atoms with Crippen LogP contribution in [0.4, 0.5) is 5.69 Å². The van der Waals surface area contributed by atoms with Gasteiger partial charge < -0.3 is 10.4 Å². The summed E-state index contributed by atoms with van der Waals surface area (Å²) >= 11 is 0. The Morgan fingerprint density at radius 1 is 1.08 bits per heavy atom. The molecule has 134 valence electrons. The Morgan fingerprint density at radius 2 is 1.68 bits per heavy atom. The van der Waals surface area contributed by atoms with Crippen molar-refractivity contribution < 1.29 is 18.3 Å². The maximum absolute atomic E-state index is 12.4. The van der Waals surface area contributed by atoms with Gasteiger partial charge in [0.05, 0.1) is 16.3 Å². The molecule has 0 saturated carbocycles. The lowest BCUT2D eigenvalue weighted by Gasteiger charge is -2.19. The van der Waals surface area contributed by atoms with Crippen molar-refractivity contribution in [2.45, 2.75) is 38.0 Å². The van der Waals surface area contributed by atoms with E-state index in [0.717, 1.165) is 5.56 Å². The number of anilines is 1. The van der Waals surface area contributed by atoms with Crippen LogP contribution in [-0.2, 0) is 15.3 Å². The minimum Gasteiger partial charge on any atom is -0.506 e. The van der Waals surface area contributed by atoms with Crippen molar-refractivity contribution in [3.8, 4) is 5.75 Å². The number of amides is 1. The fraction of sp³-hybridized carbons (Fsp3) is 0.316. The molecule has 0 aliphatic heterocycles. The first-order valence-electron chi connectivity index (χ1n) is 8.02. The number of benzene rings is 2. The van der Waals surface area contributed by atoms with Crippen molar-refractivity contribution in [3.63, 3.8) is 0 Å². The number of nitrogens with one attached hydrogen (secondary N) is 1. The van der Waals surface area contributed by atoms with E-state index >= 15 is 0 Å². The first-order valence-corrected chi connectivity index (χ1v) is 9.67. The molecule has 0 aromatic heterocycles. The van der Waals surface area contributed by atoms with E-state index in [9.17, 15) is 18.3 Å². The fourth-order valence-electron chi connectivity index (χ4n) is 2.29. The first-order chi connectivity index (χ1) is 11.5. The maximum Gasteiger partial charge on any atom is 0.255 e. The van der Waals surface area contributed by atoms with Gasteiger partial charge in [0.2, 0.25) is 0 Å².